The van der Waals surface area contributed by atoms with E-state index in [4.69, 9.17) is 15.6 Å². The van der Waals surface area contributed by atoms with E-state index in [1.807, 2.05) is 0 Å². The Labute approximate surface area is 116 Å². The maximum atomic E-state index is 13.0. The molecule has 0 aliphatic carbocycles. The van der Waals surface area contributed by atoms with Crippen molar-refractivity contribution < 1.29 is 19.0 Å². The summed E-state index contributed by atoms with van der Waals surface area (Å²) in [5, 5.41) is 9.07. The van der Waals surface area contributed by atoms with Gasteiger partial charge in [-0.15, -0.1) is 0 Å². The fourth-order valence-corrected chi connectivity index (χ4v) is 1.94. The van der Waals surface area contributed by atoms with Gasteiger partial charge in [0.2, 0.25) is 0 Å². The molecule has 0 aromatic heterocycles. The smallest absolute Gasteiger partial charge is 0.339 e. The first-order valence-electron chi connectivity index (χ1n) is 5.23. The topological polar surface area (TPSA) is 72.6 Å². The summed E-state index contributed by atoms with van der Waals surface area (Å²) >= 11 is 3.14. The van der Waals surface area contributed by atoms with Crippen molar-refractivity contribution >= 4 is 27.6 Å². The van der Waals surface area contributed by atoms with Gasteiger partial charge < -0.3 is 15.6 Å². The number of nitrogens with two attached hydrogens (primary N) is 1. The second-order valence-electron chi connectivity index (χ2n) is 3.71. The Morgan fingerprint density at radius 2 is 2.05 bits per heavy atom. The number of anilines is 1. The average molecular weight is 326 g/mol. The number of rotatable bonds is 3. The van der Waals surface area contributed by atoms with Crippen molar-refractivity contribution in [3.63, 3.8) is 0 Å². The Morgan fingerprint density at radius 1 is 1.32 bits per heavy atom. The number of halogens is 2. The summed E-state index contributed by atoms with van der Waals surface area (Å²) in [4.78, 5) is 11.1. The van der Waals surface area contributed by atoms with Crippen LogP contribution < -0.4 is 10.5 Å². The van der Waals surface area contributed by atoms with Crippen LogP contribution in [-0.2, 0) is 0 Å². The van der Waals surface area contributed by atoms with Gasteiger partial charge in [-0.25, -0.2) is 9.18 Å². The van der Waals surface area contributed by atoms with Crippen molar-refractivity contribution in [2.45, 2.75) is 0 Å². The van der Waals surface area contributed by atoms with Gasteiger partial charge in [-0.2, -0.15) is 0 Å². The molecule has 0 unspecified atom stereocenters. The van der Waals surface area contributed by atoms with Crippen molar-refractivity contribution in [2.75, 3.05) is 5.73 Å². The van der Waals surface area contributed by atoms with Gasteiger partial charge in [0.1, 0.15) is 17.1 Å². The van der Waals surface area contributed by atoms with E-state index in [2.05, 4.69) is 15.9 Å². The Kier molecular flexibility index (Phi) is 3.71. The largest absolute Gasteiger partial charge is 0.478 e. The third-order valence-corrected chi connectivity index (χ3v) is 3.00. The number of hydrogen-bond donors (Lipinski definition) is 2. The number of hydrogen-bond acceptors (Lipinski definition) is 3. The number of carbonyl (C=O) groups is 1. The molecule has 0 spiro atoms. The summed E-state index contributed by atoms with van der Waals surface area (Å²) in [6, 6.07) is 8.24. The fourth-order valence-electron chi connectivity index (χ4n) is 1.51. The molecule has 98 valence electrons. The van der Waals surface area contributed by atoms with E-state index in [1.54, 1.807) is 0 Å². The maximum Gasteiger partial charge on any atom is 0.339 e. The van der Waals surface area contributed by atoms with E-state index < -0.39 is 11.8 Å². The average Bonchev–Trinajstić information content (AvgIpc) is 2.34. The van der Waals surface area contributed by atoms with Gasteiger partial charge in [-0.3, -0.25) is 0 Å². The molecule has 4 nitrogen and oxygen atoms in total. The van der Waals surface area contributed by atoms with E-state index in [-0.39, 0.29) is 22.7 Å². The van der Waals surface area contributed by atoms with E-state index in [9.17, 15) is 9.18 Å². The highest BCUT2D eigenvalue weighted by molar-refractivity contribution is 9.10. The van der Waals surface area contributed by atoms with Gasteiger partial charge in [0.05, 0.1) is 10.2 Å². The van der Waals surface area contributed by atoms with Crippen LogP contribution in [0.2, 0.25) is 0 Å². The molecule has 0 amide bonds. The predicted molar refractivity (Wildman–Crippen MR) is 72.0 cm³/mol. The number of nitrogen functional groups attached to an aromatic ring is 1. The zero-order valence-electron chi connectivity index (χ0n) is 9.56. The van der Waals surface area contributed by atoms with Crippen molar-refractivity contribution in [1.82, 2.24) is 0 Å². The van der Waals surface area contributed by atoms with Crippen LogP contribution in [0.5, 0.6) is 11.5 Å². The molecule has 19 heavy (non-hydrogen) atoms. The van der Waals surface area contributed by atoms with Gasteiger partial charge in [-0.05, 0) is 46.3 Å². The van der Waals surface area contributed by atoms with Gasteiger partial charge in [-0.1, -0.05) is 6.07 Å². The van der Waals surface area contributed by atoms with Crippen LogP contribution in [0, 0.1) is 5.82 Å². The number of carboxylic acids is 1. The summed E-state index contributed by atoms with van der Waals surface area (Å²) in [6.07, 6.45) is 0. The lowest BCUT2D eigenvalue weighted by atomic mass is 10.1. The molecular formula is C13H9BrFNO3. The molecule has 0 aliphatic heterocycles. The first-order chi connectivity index (χ1) is 8.99. The molecule has 0 atom stereocenters. The highest BCUT2D eigenvalue weighted by Crippen LogP contribution is 2.35. The number of ether oxygens (including phenoxy) is 1. The van der Waals surface area contributed by atoms with Crippen LogP contribution in [0.3, 0.4) is 0 Å². The van der Waals surface area contributed by atoms with Gasteiger partial charge >= 0.3 is 5.97 Å². The maximum absolute atomic E-state index is 13.0. The molecule has 6 heteroatoms. The lowest BCUT2D eigenvalue weighted by Gasteiger charge is -2.12. The monoisotopic (exact) mass is 325 g/mol. The number of benzene rings is 2. The number of carboxylic acid groups (broad SMARTS) is 1. The molecule has 2 aromatic rings. The fraction of sp³-hybridized carbons (Fsp3) is 0. The lowest BCUT2D eigenvalue weighted by Crippen LogP contribution is -2.03. The summed E-state index contributed by atoms with van der Waals surface area (Å²) in [5.74, 6) is -1.27. The normalized spacial score (nSPS) is 10.2. The Bertz CT molecular complexity index is 646. The molecule has 0 aliphatic rings. The van der Waals surface area contributed by atoms with Crippen molar-refractivity contribution in [3.05, 3.63) is 52.3 Å². The highest BCUT2D eigenvalue weighted by Gasteiger charge is 2.16. The Balaban J connectivity index is 2.46. The van der Waals surface area contributed by atoms with Crippen LogP contribution in [0.15, 0.2) is 40.9 Å². The highest BCUT2D eigenvalue weighted by atomic mass is 79.9. The summed E-state index contributed by atoms with van der Waals surface area (Å²) < 4.78 is 18.8. The van der Waals surface area contributed by atoms with Crippen LogP contribution in [0.25, 0.3) is 0 Å². The second kappa shape index (κ2) is 5.27. The number of aromatic carboxylic acids is 1. The van der Waals surface area contributed by atoms with E-state index in [0.29, 0.717) is 4.47 Å². The van der Waals surface area contributed by atoms with Crippen molar-refractivity contribution in [1.29, 1.82) is 0 Å². The lowest BCUT2D eigenvalue weighted by molar-refractivity contribution is 0.0694. The molecule has 3 N–H and O–H groups in total. The molecular weight excluding hydrogens is 317 g/mol. The summed E-state index contributed by atoms with van der Waals surface area (Å²) in [5.41, 5.74) is 5.84. The quantitative estimate of drug-likeness (QED) is 0.844. The van der Waals surface area contributed by atoms with Crippen LogP contribution in [0.4, 0.5) is 10.1 Å². The zero-order valence-corrected chi connectivity index (χ0v) is 11.1. The minimum Gasteiger partial charge on any atom is -0.478 e. The van der Waals surface area contributed by atoms with E-state index >= 15 is 0 Å². The van der Waals surface area contributed by atoms with Gasteiger partial charge in [0.15, 0.2) is 5.75 Å². The minimum absolute atomic E-state index is 0.0299. The molecule has 0 heterocycles. The molecule has 0 fully saturated rings. The molecule has 2 rings (SSSR count). The van der Waals surface area contributed by atoms with Crippen LogP contribution in [-0.4, -0.2) is 11.1 Å². The summed E-state index contributed by atoms with van der Waals surface area (Å²) in [7, 11) is 0. The van der Waals surface area contributed by atoms with Crippen LogP contribution >= 0.6 is 15.9 Å². The molecule has 2 aromatic carbocycles. The van der Waals surface area contributed by atoms with Crippen molar-refractivity contribution in [3.8, 4) is 11.5 Å². The van der Waals surface area contributed by atoms with E-state index in [0.717, 1.165) is 0 Å². The molecule has 0 bridgehead atoms. The SMILES string of the molecule is Nc1cccc(C(=O)O)c1Oc1ccc(F)cc1Br. The second-order valence-corrected chi connectivity index (χ2v) is 4.56. The molecule has 0 saturated carbocycles. The molecule has 0 saturated heterocycles. The first kappa shape index (κ1) is 13.4. The van der Waals surface area contributed by atoms with E-state index in [1.165, 1.54) is 36.4 Å². The zero-order chi connectivity index (χ0) is 14.0. The minimum atomic E-state index is -1.15. The Hall–Kier alpha value is -2.08. The predicted octanol–water partition coefficient (Wildman–Crippen LogP) is 3.66. The van der Waals surface area contributed by atoms with Gasteiger partial charge in [0, 0.05) is 0 Å². The number of para-hydroxylation sites is 1. The summed E-state index contributed by atoms with van der Waals surface area (Å²) in [6.45, 7) is 0. The Morgan fingerprint density at radius 3 is 2.68 bits per heavy atom. The van der Waals surface area contributed by atoms with Gasteiger partial charge in [0.25, 0.3) is 0 Å². The standard InChI is InChI=1S/C13H9BrFNO3/c14-9-6-7(15)4-5-11(9)19-12-8(13(17)18)2-1-3-10(12)16/h1-6H,16H2,(H,17,18). The third-order valence-electron chi connectivity index (χ3n) is 2.38. The molecule has 0 radical (unpaired) electrons. The van der Waals surface area contributed by atoms with Crippen LogP contribution in [0.1, 0.15) is 10.4 Å². The third kappa shape index (κ3) is 2.85. The first-order valence-corrected chi connectivity index (χ1v) is 6.03. The van der Waals surface area contributed by atoms with Crippen molar-refractivity contribution in [2.24, 2.45) is 0 Å².